The number of anilines is 1. The van der Waals surface area contributed by atoms with E-state index in [-0.39, 0.29) is 5.56 Å². The Hall–Kier alpha value is -1.08. The summed E-state index contributed by atoms with van der Waals surface area (Å²) >= 11 is 3.18. The summed E-state index contributed by atoms with van der Waals surface area (Å²) in [5.74, 6) is -0.656. The fraction of sp³-hybridized carbons (Fsp3) is 0.300. The van der Waals surface area contributed by atoms with Crippen LogP contribution in [0.4, 0.5) is 5.69 Å². The molecule has 0 spiro atoms. The van der Waals surface area contributed by atoms with Crippen molar-refractivity contribution in [2.24, 2.45) is 0 Å². The number of rotatable bonds is 3. The van der Waals surface area contributed by atoms with Gasteiger partial charge in [-0.15, -0.1) is 0 Å². The third-order valence-electron chi connectivity index (χ3n) is 2.43. The van der Waals surface area contributed by atoms with E-state index in [9.17, 15) is 13.2 Å². The van der Waals surface area contributed by atoms with Gasteiger partial charge in [-0.3, -0.25) is 4.79 Å². The van der Waals surface area contributed by atoms with Gasteiger partial charge in [-0.2, -0.15) is 0 Å². The van der Waals surface area contributed by atoms with Gasteiger partial charge in [-0.05, 0) is 47.0 Å². The Labute approximate surface area is 108 Å². The van der Waals surface area contributed by atoms with Crippen LogP contribution in [0.3, 0.4) is 0 Å². The Morgan fingerprint density at radius 2 is 2.06 bits per heavy atom. The van der Waals surface area contributed by atoms with Crippen LogP contribution in [0.15, 0.2) is 22.7 Å². The molecular weight excluding hydrogens is 308 g/mol. The van der Waals surface area contributed by atoms with Crippen LogP contribution in [-0.2, 0) is 10.0 Å². The summed E-state index contributed by atoms with van der Waals surface area (Å²) in [5, 5.41) is -0.425. The van der Waals surface area contributed by atoms with Crippen molar-refractivity contribution in [2.75, 3.05) is 5.73 Å². The molecule has 17 heavy (non-hydrogen) atoms. The van der Waals surface area contributed by atoms with Crippen LogP contribution >= 0.6 is 15.9 Å². The van der Waals surface area contributed by atoms with Crippen LogP contribution in [0.25, 0.3) is 0 Å². The number of sulfonamides is 1. The Morgan fingerprint density at radius 3 is 2.65 bits per heavy atom. The van der Waals surface area contributed by atoms with Gasteiger partial charge < -0.3 is 5.73 Å². The van der Waals surface area contributed by atoms with E-state index >= 15 is 0 Å². The average Bonchev–Trinajstić information content (AvgIpc) is 3.04. The summed E-state index contributed by atoms with van der Waals surface area (Å²) in [6.45, 7) is 0. The number of carbonyl (C=O) groups is 1. The zero-order chi connectivity index (χ0) is 12.6. The second-order valence-electron chi connectivity index (χ2n) is 3.91. The highest BCUT2D eigenvalue weighted by atomic mass is 79.9. The quantitative estimate of drug-likeness (QED) is 0.821. The number of nitrogen functional groups attached to an aromatic ring is 1. The van der Waals surface area contributed by atoms with E-state index in [2.05, 4.69) is 20.7 Å². The van der Waals surface area contributed by atoms with Gasteiger partial charge in [0.2, 0.25) is 10.0 Å². The van der Waals surface area contributed by atoms with E-state index in [0.29, 0.717) is 23.0 Å². The van der Waals surface area contributed by atoms with E-state index in [1.165, 1.54) is 6.07 Å². The summed E-state index contributed by atoms with van der Waals surface area (Å²) in [6.07, 6.45) is 1.22. The summed E-state index contributed by atoms with van der Waals surface area (Å²) in [7, 11) is -3.53. The number of amides is 1. The van der Waals surface area contributed by atoms with Crippen molar-refractivity contribution in [2.45, 2.75) is 18.1 Å². The predicted molar refractivity (Wildman–Crippen MR) is 68.0 cm³/mol. The van der Waals surface area contributed by atoms with Crippen LogP contribution in [-0.4, -0.2) is 19.6 Å². The highest BCUT2D eigenvalue weighted by Gasteiger charge is 2.37. The predicted octanol–water partition coefficient (Wildman–Crippen LogP) is 1.25. The molecule has 0 unspecified atom stereocenters. The number of halogens is 1. The monoisotopic (exact) mass is 318 g/mol. The van der Waals surface area contributed by atoms with Crippen molar-refractivity contribution >= 4 is 37.5 Å². The lowest BCUT2D eigenvalue weighted by atomic mass is 10.2. The van der Waals surface area contributed by atoms with Crippen molar-refractivity contribution in [3.8, 4) is 0 Å². The third kappa shape index (κ3) is 2.78. The molecule has 1 aliphatic carbocycles. The number of hydrogen-bond donors (Lipinski definition) is 2. The minimum absolute atomic E-state index is 0.217. The highest BCUT2D eigenvalue weighted by Crippen LogP contribution is 2.28. The maximum absolute atomic E-state index is 11.8. The molecule has 1 fully saturated rings. The molecule has 0 atom stereocenters. The normalized spacial score (nSPS) is 15.6. The van der Waals surface area contributed by atoms with Gasteiger partial charge in [0.25, 0.3) is 5.91 Å². The van der Waals surface area contributed by atoms with Crippen LogP contribution in [0, 0.1) is 0 Å². The van der Waals surface area contributed by atoms with Crippen molar-refractivity contribution in [3.05, 3.63) is 28.2 Å². The molecule has 0 aliphatic heterocycles. The molecule has 0 saturated heterocycles. The molecule has 3 N–H and O–H groups in total. The molecule has 0 aromatic heterocycles. The fourth-order valence-corrected chi connectivity index (χ4v) is 3.08. The van der Waals surface area contributed by atoms with Gasteiger partial charge in [0.1, 0.15) is 0 Å². The lowest BCUT2D eigenvalue weighted by Crippen LogP contribution is -2.33. The zero-order valence-electron chi connectivity index (χ0n) is 8.81. The number of hydrogen-bond acceptors (Lipinski definition) is 4. The van der Waals surface area contributed by atoms with Gasteiger partial charge >= 0.3 is 0 Å². The minimum Gasteiger partial charge on any atom is -0.399 e. The van der Waals surface area contributed by atoms with E-state index in [1.807, 2.05) is 0 Å². The SMILES string of the molecule is Nc1ccc(Br)c(C(=O)NS(=O)(=O)C2CC2)c1. The first-order valence-electron chi connectivity index (χ1n) is 5.01. The van der Waals surface area contributed by atoms with E-state index < -0.39 is 21.2 Å². The Kier molecular flexibility index (Phi) is 3.13. The maximum atomic E-state index is 11.8. The van der Waals surface area contributed by atoms with Crippen molar-refractivity contribution < 1.29 is 13.2 Å². The molecule has 1 aromatic rings. The molecular formula is C10H11BrN2O3S. The van der Waals surface area contributed by atoms with Crippen LogP contribution < -0.4 is 10.5 Å². The first kappa shape index (κ1) is 12.4. The standard InChI is InChI=1S/C10H11BrN2O3S/c11-9-4-1-6(12)5-8(9)10(14)13-17(15,16)7-2-3-7/h1,4-5,7H,2-3,12H2,(H,13,14). The summed E-state index contributed by atoms with van der Waals surface area (Å²) < 4.78 is 25.7. The van der Waals surface area contributed by atoms with Crippen LogP contribution in [0.1, 0.15) is 23.2 Å². The summed E-state index contributed by atoms with van der Waals surface area (Å²) in [5.41, 5.74) is 6.17. The Balaban J connectivity index is 2.22. The van der Waals surface area contributed by atoms with E-state index in [1.54, 1.807) is 12.1 Å². The highest BCUT2D eigenvalue weighted by molar-refractivity contribution is 9.10. The number of nitrogens with two attached hydrogens (primary N) is 1. The van der Waals surface area contributed by atoms with Gasteiger partial charge in [0.05, 0.1) is 10.8 Å². The fourth-order valence-electron chi connectivity index (χ4n) is 1.36. The van der Waals surface area contributed by atoms with Gasteiger partial charge in [0.15, 0.2) is 0 Å². The van der Waals surface area contributed by atoms with Crippen LogP contribution in [0.2, 0.25) is 0 Å². The molecule has 7 heteroatoms. The Bertz CT molecular complexity index is 567. The van der Waals surface area contributed by atoms with Crippen molar-refractivity contribution in [1.82, 2.24) is 4.72 Å². The number of nitrogens with one attached hydrogen (secondary N) is 1. The molecule has 0 bridgehead atoms. The Morgan fingerprint density at radius 1 is 1.41 bits per heavy atom. The molecule has 2 rings (SSSR count). The summed E-state index contributed by atoms with van der Waals surface area (Å²) in [4.78, 5) is 11.8. The van der Waals surface area contributed by atoms with E-state index in [0.717, 1.165) is 0 Å². The van der Waals surface area contributed by atoms with Crippen LogP contribution in [0.5, 0.6) is 0 Å². The third-order valence-corrected chi connectivity index (χ3v) is 4.94. The molecule has 5 nitrogen and oxygen atoms in total. The molecule has 1 saturated carbocycles. The summed E-state index contributed by atoms with van der Waals surface area (Å²) in [6, 6.07) is 4.66. The smallest absolute Gasteiger partial charge is 0.265 e. The van der Waals surface area contributed by atoms with Gasteiger partial charge in [-0.1, -0.05) is 0 Å². The molecule has 92 valence electrons. The topological polar surface area (TPSA) is 89.3 Å². The van der Waals surface area contributed by atoms with Crippen molar-refractivity contribution in [1.29, 1.82) is 0 Å². The van der Waals surface area contributed by atoms with Gasteiger partial charge in [0, 0.05) is 10.2 Å². The number of benzene rings is 1. The van der Waals surface area contributed by atoms with Gasteiger partial charge in [-0.25, -0.2) is 13.1 Å². The zero-order valence-corrected chi connectivity index (χ0v) is 11.2. The second-order valence-corrected chi connectivity index (χ2v) is 6.73. The second kappa shape index (κ2) is 4.30. The van der Waals surface area contributed by atoms with Crippen molar-refractivity contribution in [3.63, 3.8) is 0 Å². The average molecular weight is 319 g/mol. The lowest BCUT2D eigenvalue weighted by Gasteiger charge is -2.07. The molecule has 1 aliphatic rings. The molecule has 1 aromatic carbocycles. The van der Waals surface area contributed by atoms with E-state index in [4.69, 9.17) is 5.73 Å². The lowest BCUT2D eigenvalue weighted by molar-refractivity contribution is 0.0980. The maximum Gasteiger partial charge on any atom is 0.265 e. The molecule has 0 heterocycles. The first-order chi connectivity index (χ1) is 7.90. The largest absolute Gasteiger partial charge is 0.399 e. The molecule has 1 amide bonds. The molecule has 0 radical (unpaired) electrons. The first-order valence-corrected chi connectivity index (χ1v) is 7.35. The number of carbonyl (C=O) groups excluding carboxylic acids is 1. The minimum atomic E-state index is -3.53.